The van der Waals surface area contributed by atoms with Crippen molar-refractivity contribution in [3.63, 3.8) is 0 Å². The fourth-order valence-electron chi connectivity index (χ4n) is 4.79. The number of nitrogens with one attached hydrogen (secondary N) is 1. The molecule has 2 fully saturated rings. The van der Waals surface area contributed by atoms with Gasteiger partial charge in [-0.2, -0.15) is 4.98 Å². The fraction of sp³-hybridized carbons (Fsp3) is 0.400. The highest BCUT2D eigenvalue weighted by molar-refractivity contribution is 5.90. The number of ether oxygens (including phenoxy) is 2. The van der Waals surface area contributed by atoms with Gasteiger partial charge in [-0.25, -0.2) is 4.52 Å². The van der Waals surface area contributed by atoms with Crippen LogP contribution in [0.3, 0.4) is 0 Å². The number of anilines is 1. The van der Waals surface area contributed by atoms with Gasteiger partial charge in [-0.15, -0.1) is 5.10 Å². The van der Waals surface area contributed by atoms with Crippen LogP contribution in [0.5, 0.6) is 5.88 Å². The van der Waals surface area contributed by atoms with E-state index in [9.17, 15) is 0 Å². The lowest BCUT2D eigenvalue weighted by atomic mass is 9.94. The molecule has 6 rings (SSSR count). The van der Waals surface area contributed by atoms with Crippen molar-refractivity contribution < 1.29 is 10.9 Å². The van der Waals surface area contributed by atoms with Gasteiger partial charge in [-0.1, -0.05) is 19.1 Å². The summed E-state index contributed by atoms with van der Waals surface area (Å²) in [6.45, 7) is 5.58. The first kappa shape index (κ1) is 20.4. The van der Waals surface area contributed by atoms with E-state index in [1.54, 1.807) is 0 Å². The number of rotatable bonds is 5. The molecule has 0 spiro atoms. The summed E-state index contributed by atoms with van der Waals surface area (Å²) in [6, 6.07) is 12.7. The van der Waals surface area contributed by atoms with Gasteiger partial charge in [-0.3, -0.25) is 4.98 Å². The molecule has 8 nitrogen and oxygen atoms in total. The Bertz CT molecular complexity index is 1310. The minimum absolute atomic E-state index is 0. The van der Waals surface area contributed by atoms with Crippen LogP contribution in [0.15, 0.2) is 48.8 Å². The van der Waals surface area contributed by atoms with Gasteiger partial charge in [-0.05, 0) is 55.8 Å². The number of hydrogen-bond donors (Lipinski definition) is 1. The topological polar surface area (TPSA) is 76.8 Å². The average molecular weight is 447 g/mol. The van der Waals surface area contributed by atoms with Crippen LogP contribution >= 0.6 is 0 Å². The minimum atomic E-state index is 0. The first-order valence-electron chi connectivity index (χ1n) is 11.6. The summed E-state index contributed by atoms with van der Waals surface area (Å²) in [7, 11) is 2.17. The number of piperidine rings is 1. The molecule has 8 heteroatoms. The molecular weight excluding hydrogens is 416 g/mol. The SMILES string of the molecule is C[C@@H]1CN(C)CC[C@@H]1Nc1nc(OC2COC2)c2c(-c3ccc4ncccc4c3)ccn2n1.[HH]. The predicted octanol–water partition coefficient (Wildman–Crippen LogP) is 3.72. The number of likely N-dealkylation sites (tertiary alicyclic amines) is 1. The highest BCUT2D eigenvalue weighted by Crippen LogP contribution is 2.34. The van der Waals surface area contributed by atoms with E-state index in [0.717, 1.165) is 47.1 Å². The van der Waals surface area contributed by atoms with Crippen molar-refractivity contribution in [2.45, 2.75) is 25.5 Å². The van der Waals surface area contributed by atoms with Gasteiger partial charge < -0.3 is 19.7 Å². The monoisotopic (exact) mass is 446 g/mol. The van der Waals surface area contributed by atoms with Crippen LogP contribution in [0, 0.1) is 5.92 Å². The molecule has 0 saturated carbocycles. The lowest BCUT2D eigenvalue weighted by Crippen LogP contribution is -2.43. The molecule has 2 saturated heterocycles. The standard InChI is InChI=1S/C25H28N6O2.H2/c1-16-13-30(2)10-8-21(16)27-25-28-24(33-19-14-32-15-19)23-20(7-11-31(23)29-25)17-5-6-22-18(12-17)4-3-9-26-22;/h3-7,9,11-12,16,19,21H,8,10,13-15H2,1-2H3,(H,27,29);1H/t16-,21+;/m1./s1. The number of hydrogen-bond acceptors (Lipinski definition) is 7. The zero-order valence-corrected chi connectivity index (χ0v) is 18.9. The third-order valence-electron chi connectivity index (χ3n) is 6.70. The zero-order chi connectivity index (χ0) is 22.4. The lowest BCUT2D eigenvalue weighted by molar-refractivity contribution is -0.0808. The van der Waals surface area contributed by atoms with Crippen molar-refractivity contribution in [1.29, 1.82) is 0 Å². The first-order valence-corrected chi connectivity index (χ1v) is 11.6. The van der Waals surface area contributed by atoms with Crippen LogP contribution in [-0.4, -0.2) is 70.0 Å². The highest BCUT2D eigenvalue weighted by Gasteiger charge is 2.27. The molecule has 33 heavy (non-hydrogen) atoms. The molecule has 0 amide bonds. The van der Waals surface area contributed by atoms with Crippen molar-refractivity contribution >= 4 is 22.4 Å². The van der Waals surface area contributed by atoms with Gasteiger partial charge in [0.15, 0.2) is 0 Å². The number of nitrogens with zero attached hydrogens (tertiary/aromatic N) is 5. The molecule has 4 aromatic rings. The molecule has 0 aliphatic carbocycles. The second-order valence-corrected chi connectivity index (χ2v) is 9.23. The lowest BCUT2D eigenvalue weighted by Gasteiger charge is -2.35. The van der Waals surface area contributed by atoms with E-state index >= 15 is 0 Å². The van der Waals surface area contributed by atoms with E-state index in [2.05, 4.69) is 53.4 Å². The largest absolute Gasteiger partial charge is 0.468 e. The molecule has 0 unspecified atom stereocenters. The van der Waals surface area contributed by atoms with Crippen LogP contribution in [0.4, 0.5) is 5.95 Å². The Kier molecular flexibility index (Phi) is 5.11. The van der Waals surface area contributed by atoms with Crippen LogP contribution < -0.4 is 10.1 Å². The number of aromatic nitrogens is 4. The molecule has 2 aliphatic heterocycles. The van der Waals surface area contributed by atoms with Gasteiger partial charge >= 0.3 is 0 Å². The Morgan fingerprint density at radius 2 is 2.12 bits per heavy atom. The maximum Gasteiger partial charge on any atom is 0.244 e. The maximum atomic E-state index is 6.29. The molecule has 3 aromatic heterocycles. The number of fused-ring (bicyclic) bond motifs is 2. The van der Waals surface area contributed by atoms with Gasteiger partial charge in [0.2, 0.25) is 11.8 Å². The van der Waals surface area contributed by atoms with E-state index < -0.39 is 0 Å². The quantitative estimate of drug-likeness (QED) is 0.501. The van der Waals surface area contributed by atoms with Crippen molar-refractivity contribution in [3.05, 3.63) is 48.8 Å². The molecule has 0 radical (unpaired) electrons. The molecule has 2 atom stereocenters. The van der Waals surface area contributed by atoms with Crippen LogP contribution in [-0.2, 0) is 4.74 Å². The molecule has 2 aliphatic rings. The Balaban J connectivity index is 0.00000241. The maximum absolute atomic E-state index is 6.29. The summed E-state index contributed by atoms with van der Waals surface area (Å²) < 4.78 is 13.5. The average Bonchev–Trinajstić information content (AvgIpc) is 3.22. The van der Waals surface area contributed by atoms with E-state index in [1.165, 1.54) is 0 Å². The summed E-state index contributed by atoms with van der Waals surface area (Å²) in [4.78, 5) is 11.7. The van der Waals surface area contributed by atoms with E-state index in [4.69, 9.17) is 19.6 Å². The smallest absolute Gasteiger partial charge is 0.244 e. The second-order valence-electron chi connectivity index (χ2n) is 9.23. The van der Waals surface area contributed by atoms with E-state index in [1.807, 2.05) is 29.0 Å². The molecule has 172 valence electrons. The van der Waals surface area contributed by atoms with Gasteiger partial charge in [0.05, 0.1) is 18.7 Å². The Labute approximate surface area is 194 Å². The second kappa shape index (κ2) is 8.28. The Morgan fingerprint density at radius 3 is 2.94 bits per heavy atom. The molecule has 5 heterocycles. The first-order chi connectivity index (χ1) is 16.1. The fourth-order valence-corrected chi connectivity index (χ4v) is 4.79. The molecular formula is C25H30N6O2. The number of benzene rings is 1. The molecule has 1 N–H and O–H groups in total. The predicted molar refractivity (Wildman–Crippen MR) is 130 cm³/mol. The zero-order valence-electron chi connectivity index (χ0n) is 18.9. The van der Waals surface area contributed by atoms with Crippen molar-refractivity contribution in [2.75, 3.05) is 38.7 Å². The van der Waals surface area contributed by atoms with Gasteiger partial charge in [0.25, 0.3) is 0 Å². The summed E-state index contributed by atoms with van der Waals surface area (Å²) in [6.07, 6.45) is 4.87. The van der Waals surface area contributed by atoms with E-state index in [-0.39, 0.29) is 7.53 Å². The van der Waals surface area contributed by atoms with Gasteiger partial charge in [0, 0.05) is 37.4 Å². The highest BCUT2D eigenvalue weighted by atomic mass is 16.6. The van der Waals surface area contributed by atoms with E-state index in [0.29, 0.717) is 37.0 Å². The van der Waals surface area contributed by atoms with Crippen LogP contribution in [0.25, 0.3) is 27.5 Å². The van der Waals surface area contributed by atoms with Crippen LogP contribution in [0.2, 0.25) is 0 Å². The summed E-state index contributed by atoms with van der Waals surface area (Å²) in [5.41, 5.74) is 3.96. The Hall–Kier alpha value is -3.23. The normalized spacial score (nSPS) is 21.9. The Morgan fingerprint density at radius 1 is 1.21 bits per heavy atom. The third-order valence-corrected chi connectivity index (χ3v) is 6.70. The van der Waals surface area contributed by atoms with Gasteiger partial charge in [0.1, 0.15) is 11.6 Å². The van der Waals surface area contributed by atoms with Crippen molar-refractivity contribution in [2.24, 2.45) is 5.92 Å². The summed E-state index contributed by atoms with van der Waals surface area (Å²) >= 11 is 0. The summed E-state index contributed by atoms with van der Waals surface area (Å²) in [5, 5.41) is 9.47. The minimum Gasteiger partial charge on any atom is -0.468 e. The molecule has 1 aromatic carbocycles. The summed E-state index contributed by atoms with van der Waals surface area (Å²) in [5.74, 6) is 1.70. The number of pyridine rings is 1. The molecule has 0 bridgehead atoms. The third kappa shape index (κ3) is 3.89. The van der Waals surface area contributed by atoms with Crippen LogP contribution in [0.1, 0.15) is 14.8 Å². The van der Waals surface area contributed by atoms with Crippen molar-refractivity contribution in [1.82, 2.24) is 24.5 Å². The van der Waals surface area contributed by atoms with Crippen molar-refractivity contribution in [3.8, 4) is 17.0 Å².